The number of hydrogen-bond donors (Lipinski definition) is 0. The Morgan fingerprint density at radius 3 is 2.55 bits per heavy atom. The topological polar surface area (TPSA) is 99.2 Å². The first-order valence-electron chi connectivity index (χ1n) is 12.5. The normalized spacial score (nSPS) is 17.0. The van der Waals surface area contributed by atoms with E-state index in [4.69, 9.17) is 19.1 Å². The Labute approximate surface area is 217 Å². The van der Waals surface area contributed by atoms with Crippen molar-refractivity contribution in [3.8, 4) is 17.0 Å². The molecule has 0 spiro atoms. The molecule has 0 unspecified atom stereocenters. The predicted molar refractivity (Wildman–Crippen MR) is 134 cm³/mol. The van der Waals surface area contributed by atoms with Crippen molar-refractivity contribution in [3.63, 3.8) is 0 Å². The molecule has 1 aromatic carbocycles. The Bertz CT molecular complexity index is 1560. The van der Waals surface area contributed by atoms with E-state index in [1.165, 1.54) is 22.8 Å². The van der Waals surface area contributed by atoms with Crippen LogP contribution in [0.25, 0.3) is 11.3 Å². The number of benzene rings is 1. The molecule has 2 fully saturated rings. The molecule has 0 amide bonds. The van der Waals surface area contributed by atoms with Crippen LogP contribution in [0.15, 0.2) is 51.9 Å². The van der Waals surface area contributed by atoms with Gasteiger partial charge in [-0.05, 0) is 31.0 Å². The Hall–Kier alpha value is -4.15. The summed E-state index contributed by atoms with van der Waals surface area (Å²) in [6.07, 6.45) is 6.22. The predicted octanol–water partition coefficient (Wildman–Crippen LogP) is 3.94. The molecule has 9 nitrogen and oxygen atoms in total. The van der Waals surface area contributed by atoms with Gasteiger partial charge in [-0.2, -0.15) is 0 Å². The van der Waals surface area contributed by atoms with Gasteiger partial charge < -0.3 is 18.6 Å². The van der Waals surface area contributed by atoms with Crippen LogP contribution in [0.4, 0.5) is 14.6 Å². The average molecular weight is 521 g/mol. The first-order chi connectivity index (χ1) is 18.3. The maximum atomic E-state index is 14.1. The number of ether oxygens (including phenoxy) is 1. The summed E-state index contributed by atoms with van der Waals surface area (Å²) in [6, 6.07) is 6.59. The van der Waals surface area contributed by atoms with E-state index >= 15 is 0 Å². The van der Waals surface area contributed by atoms with Gasteiger partial charge in [-0.15, -0.1) is 10.2 Å². The molecule has 3 aromatic heterocycles. The summed E-state index contributed by atoms with van der Waals surface area (Å²) in [6.45, 7) is 2.97. The van der Waals surface area contributed by atoms with Crippen LogP contribution in [0.3, 0.4) is 0 Å². The number of halogens is 2. The Morgan fingerprint density at radius 1 is 1.11 bits per heavy atom. The molecule has 0 radical (unpaired) electrons. The summed E-state index contributed by atoms with van der Waals surface area (Å²) in [5.74, 6) is 0.424. The minimum atomic E-state index is -0.712. The molecular weight excluding hydrogens is 494 g/mol. The van der Waals surface area contributed by atoms with Crippen molar-refractivity contribution in [1.82, 2.24) is 24.7 Å². The van der Waals surface area contributed by atoms with Crippen molar-refractivity contribution in [2.75, 3.05) is 18.0 Å². The van der Waals surface area contributed by atoms with Crippen LogP contribution in [0.1, 0.15) is 43.2 Å². The first kappa shape index (κ1) is 24.2. The maximum absolute atomic E-state index is 14.1. The van der Waals surface area contributed by atoms with E-state index in [9.17, 15) is 13.6 Å². The van der Waals surface area contributed by atoms with Crippen LogP contribution in [0.2, 0.25) is 0 Å². The molecule has 4 aromatic rings. The van der Waals surface area contributed by atoms with Gasteiger partial charge in [0.05, 0.1) is 17.3 Å². The van der Waals surface area contributed by atoms with E-state index in [-0.39, 0.29) is 17.4 Å². The van der Waals surface area contributed by atoms with Gasteiger partial charge in [-0.3, -0.25) is 4.79 Å². The molecule has 1 saturated carbocycles. The lowest BCUT2D eigenvalue weighted by Gasteiger charge is -2.34. The number of aromatic nitrogens is 5. The zero-order valence-electron chi connectivity index (χ0n) is 21.0. The van der Waals surface area contributed by atoms with Crippen LogP contribution in [0.5, 0.6) is 5.75 Å². The van der Waals surface area contributed by atoms with E-state index in [2.05, 4.69) is 15.1 Å². The highest BCUT2D eigenvalue weighted by atomic mass is 19.1. The van der Waals surface area contributed by atoms with Crippen LogP contribution in [-0.4, -0.2) is 43.9 Å². The van der Waals surface area contributed by atoms with Gasteiger partial charge in [0.1, 0.15) is 17.6 Å². The van der Waals surface area contributed by atoms with Gasteiger partial charge in [-0.25, -0.2) is 18.7 Å². The monoisotopic (exact) mass is 520 g/mol. The van der Waals surface area contributed by atoms with E-state index in [0.717, 1.165) is 30.2 Å². The standard InChI is InChI=1S/C27H26F2N6O3/c1-16-32-33-26(37-16)27(9-10-27)22-14-30-25(24(31-22)17-3-6-23(36)34(2)15-17)35-11-7-19(8-12-35)38-21-5-4-18(28)13-20(21)29/h3-6,13-15,19H,7-12H2,1-2H3. The van der Waals surface area contributed by atoms with Gasteiger partial charge in [0.2, 0.25) is 17.3 Å². The molecule has 196 valence electrons. The number of anilines is 1. The minimum Gasteiger partial charge on any atom is -0.487 e. The summed E-state index contributed by atoms with van der Waals surface area (Å²) >= 11 is 0. The third-order valence-corrected chi connectivity index (χ3v) is 7.22. The lowest BCUT2D eigenvalue weighted by atomic mass is 10.0. The van der Waals surface area contributed by atoms with Crippen molar-refractivity contribution in [2.45, 2.75) is 44.1 Å². The largest absolute Gasteiger partial charge is 0.487 e. The smallest absolute Gasteiger partial charge is 0.250 e. The second kappa shape index (κ2) is 9.30. The zero-order valence-corrected chi connectivity index (χ0v) is 21.0. The van der Waals surface area contributed by atoms with Crippen molar-refractivity contribution in [2.24, 2.45) is 7.05 Å². The number of pyridine rings is 1. The molecule has 4 heterocycles. The fourth-order valence-corrected chi connectivity index (χ4v) is 4.90. The van der Waals surface area contributed by atoms with Gasteiger partial charge >= 0.3 is 0 Å². The highest BCUT2D eigenvalue weighted by molar-refractivity contribution is 5.72. The molecule has 11 heteroatoms. The van der Waals surface area contributed by atoms with Gasteiger partial charge in [-0.1, -0.05) is 0 Å². The lowest BCUT2D eigenvalue weighted by Crippen LogP contribution is -2.39. The fraction of sp³-hybridized carbons (Fsp3) is 0.370. The summed E-state index contributed by atoms with van der Waals surface area (Å²) < 4.78 is 40.4. The average Bonchev–Trinajstić information content (AvgIpc) is 3.61. The Morgan fingerprint density at radius 2 is 1.89 bits per heavy atom. The van der Waals surface area contributed by atoms with Crippen molar-refractivity contribution >= 4 is 5.82 Å². The maximum Gasteiger partial charge on any atom is 0.250 e. The number of hydrogen-bond acceptors (Lipinski definition) is 8. The molecule has 2 aliphatic rings. The molecule has 38 heavy (non-hydrogen) atoms. The molecule has 1 aliphatic heterocycles. The van der Waals surface area contributed by atoms with Crippen LogP contribution >= 0.6 is 0 Å². The SMILES string of the molecule is Cc1nnc(C2(c3cnc(N4CCC(Oc5ccc(F)cc5F)CC4)c(-c4ccc(=O)n(C)c4)n3)CC2)o1. The third kappa shape index (κ3) is 4.42. The first-order valence-corrected chi connectivity index (χ1v) is 12.5. The highest BCUT2D eigenvalue weighted by Gasteiger charge is 2.52. The summed E-state index contributed by atoms with van der Waals surface area (Å²) in [5, 5.41) is 8.24. The van der Waals surface area contributed by atoms with Gasteiger partial charge in [0, 0.05) is 63.8 Å². The second-order valence-corrected chi connectivity index (χ2v) is 9.88. The number of rotatable bonds is 6. The summed E-state index contributed by atoms with van der Waals surface area (Å²) in [4.78, 5) is 24.1. The Balaban J connectivity index is 1.30. The van der Waals surface area contributed by atoms with Crippen LogP contribution < -0.4 is 15.2 Å². The molecule has 1 aliphatic carbocycles. The van der Waals surface area contributed by atoms with Crippen molar-refractivity contribution in [3.05, 3.63) is 82.2 Å². The van der Waals surface area contributed by atoms with Crippen LogP contribution in [-0.2, 0) is 12.5 Å². The number of aryl methyl sites for hydroxylation is 2. The molecule has 6 rings (SSSR count). The van der Waals surface area contributed by atoms with Gasteiger partial charge in [0.25, 0.3) is 0 Å². The molecule has 1 saturated heterocycles. The third-order valence-electron chi connectivity index (χ3n) is 7.22. The highest BCUT2D eigenvalue weighted by Crippen LogP contribution is 2.52. The van der Waals surface area contributed by atoms with E-state index in [1.54, 1.807) is 32.4 Å². The molecule has 0 N–H and O–H groups in total. The van der Waals surface area contributed by atoms with E-state index in [1.807, 2.05) is 0 Å². The molecular formula is C27H26F2N6O3. The Kier molecular flexibility index (Phi) is 5.93. The summed E-state index contributed by atoms with van der Waals surface area (Å²) in [5.41, 5.74) is 1.59. The van der Waals surface area contributed by atoms with E-state index in [0.29, 0.717) is 49.2 Å². The van der Waals surface area contributed by atoms with Gasteiger partial charge in [0.15, 0.2) is 17.4 Å². The fourth-order valence-electron chi connectivity index (χ4n) is 4.90. The van der Waals surface area contributed by atoms with E-state index < -0.39 is 17.0 Å². The zero-order chi connectivity index (χ0) is 26.4. The quantitative estimate of drug-likeness (QED) is 0.377. The summed E-state index contributed by atoms with van der Waals surface area (Å²) in [7, 11) is 1.70. The molecule has 0 bridgehead atoms. The molecule has 0 atom stereocenters. The van der Waals surface area contributed by atoms with Crippen molar-refractivity contribution < 1.29 is 17.9 Å². The second-order valence-electron chi connectivity index (χ2n) is 9.88. The number of nitrogens with zero attached hydrogens (tertiary/aromatic N) is 6. The van der Waals surface area contributed by atoms with Crippen LogP contribution in [0, 0.1) is 18.6 Å². The number of piperidine rings is 1. The van der Waals surface area contributed by atoms with Crippen molar-refractivity contribution in [1.29, 1.82) is 0 Å². The minimum absolute atomic E-state index is 0.0471. The lowest BCUT2D eigenvalue weighted by molar-refractivity contribution is 0.163.